The molecule has 1 aliphatic rings. The second-order valence-corrected chi connectivity index (χ2v) is 7.25. The predicted molar refractivity (Wildman–Crippen MR) is 117 cm³/mol. The number of hydrogen-bond donors (Lipinski definition) is 1. The van der Waals surface area contributed by atoms with Crippen LogP contribution in [0.2, 0.25) is 0 Å². The third-order valence-corrected chi connectivity index (χ3v) is 5.30. The SMILES string of the molecule is Cl.c1cc(CN2CCCC2)cc(-c2n[nH]c(-c3ccc4ccccc4c3)n2)c1. The molecule has 1 N–H and O–H groups in total. The number of halogens is 1. The van der Waals surface area contributed by atoms with Crippen LogP contribution in [0.15, 0.2) is 66.7 Å². The molecule has 0 bridgehead atoms. The Hall–Kier alpha value is -2.69. The van der Waals surface area contributed by atoms with Crippen molar-refractivity contribution in [3.05, 3.63) is 72.3 Å². The summed E-state index contributed by atoms with van der Waals surface area (Å²) in [4.78, 5) is 7.26. The Balaban J connectivity index is 0.00000192. The molecule has 28 heavy (non-hydrogen) atoms. The molecule has 0 radical (unpaired) electrons. The van der Waals surface area contributed by atoms with Gasteiger partial charge in [-0.05, 0) is 54.4 Å². The molecular formula is C23H23ClN4. The Bertz CT molecular complexity index is 1080. The van der Waals surface area contributed by atoms with Gasteiger partial charge in [0.25, 0.3) is 0 Å². The average Bonchev–Trinajstić information content (AvgIpc) is 3.40. The van der Waals surface area contributed by atoms with Crippen molar-refractivity contribution >= 4 is 23.2 Å². The van der Waals surface area contributed by atoms with E-state index in [2.05, 4.69) is 81.8 Å². The molecule has 0 spiro atoms. The highest BCUT2D eigenvalue weighted by Gasteiger charge is 2.13. The van der Waals surface area contributed by atoms with Crippen LogP contribution in [-0.4, -0.2) is 33.2 Å². The smallest absolute Gasteiger partial charge is 0.181 e. The maximum absolute atomic E-state index is 4.75. The van der Waals surface area contributed by atoms with E-state index < -0.39 is 0 Å². The van der Waals surface area contributed by atoms with Crippen LogP contribution >= 0.6 is 12.4 Å². The molecule has 0 unspecified atom stereocenters. The van der Waals surface area contributed by atoms with Crippen LogP contribution in [-0.2, 0) is 6.54 Å². The minimum atomic E-state index is 0. The summed E-state index contributed by atoms with van der Waals surface area (Å²) in [5.41, 5.74) is 3.45. The van der Waals surface area contributed by atoms with Crippen LogP contribution in [0, 0.1) is 0 Å². The molecule has 0 atom stereocenters. The second-order valence-electron chi connectivity index (χ2n) is 7.25. The Kier molecular flexibility index (Phi) is 5.42. The Labute approximate surface area is 171 Å². The number of H-pyrrole nitrogens is 1. The van der Waals surface area contributed by atoms with Gasteiger partial charge in [-0.15, -0.1) is 12.4 Å². The molecule has 5 rings (SSSR count). The molecule has 1 aromatic heterocycles. The van der Waals surface area contributed by atoms with Gasteiger partial charge in [0.2, 0.25) is 0 Å². The fourth-order valence-corrected chi connectivity index (χ4v) is 3.86. The van der Waals surface area contributed by atoms with Gasteiger partial charge in [-0.2, -0.15) is 5.10 Å². The maximum Gasteiger partial charge on any atom is 0.181 e. The van der Waals surface area contributed by atoms with Crippen LogP contribution in [0.3, 0.4) is 0 Å². The second kappa shape index (κ2) is 8.13. The van der Waals surface area contributed by atoms with Crippen molar-refractivity contribution < 1.29 is 0 Å². The molecule has 5 heteroatoms. The number of hydrogen-bond acceptors (Lipinski definition) is 3. The zero-order valence-electron chi connectivity index (χ0n) is 15.6. The molecule has 4 nitrogen and oxygen atoms in total. The quantitative estimate of drug-likeness (QED) is 0.513. The lowest BCUT2D eigenvalue weighted by Gasteiger charge is -2.14. The van der Waals surface area contributed by atoms with Crippen molar-refractivity contribution in [1.82, 2.24) is 20.1 Å². The van der Waals surface area contributed by atoms with Crippen molar-refractivity contribution in [3.8, 4) is 22.8 Å². The number of benzene rings is 3. The van der Waals surface area contributed by atoms with E-state index >= 15 is 0 Å². The van der Waals surface area contributed by atoms with Gasteiger partial charge in [-0.25, -0.2) is 4.98 Å². The van der Waals surface area contributed by atoms with Gasteiger partial charge in [-0.1, -0.05) is 54.6 Å². The topological polar surface area (TPSA) is 44.8 Å². The normalized spacial score (nSPS) is 14.3. The van der Waals surface area contributed by atoms with Crippen molar-refractivity contribution in [2.75, 3.05) is 13.1 Å². The van der Waals surface area contributed by atoms with Gasteiger partial charge < -0.3 is 0 Å². The monoisotopic (exact) mass is 390 g/mol. The van der Waals surface area contributed by atoms with Gasteiger partial charge in [0.15, 0.2) is 11.6 Å². The van der Waals surface area contributed by atoms with Crippen LogP contribution in [0.25, 0.3) is 33.5 Å². The highest BCUT2D eigenvalue weighted by Crippen LogP contribution is 2.25. The number of rotatable bonds is 4. The highest BCUT2D eigenvalue weighted by atomic mass is 35.5. The molecule has 4 aromatic rings. The summed E-state index contributed by atoms with van der Waals surface area (Å²) in [6, 6.07) is 23.3. The van der Waals surface area contributed by atoms with Crippen LogP contribution < -0.4 is 0 Å². The Morgan fingerprint density at radius 2 is 1.64 bits per heavy atom. The van der Waals surface area contributed by atoms with Gasteiger partial charge in [0, 0.05) is 17.7 Å². The number of likely N-dealkylation sites (tertiary alicyclic amines) is 1. The van der Waals surface area contributed by atoms with Gasteiger partial charge in [0.1, 0.15) is 0 Å². The fourth-order valence-electron chi connectivity index (χ4n) is 3.86. The first kappa shape index (κ1) is 18.7. The van der Waals surface area contributed by atoms with Crippen LogP contribution in [0.4, 0.5) is 0 Å². The summed E-state index contributed by atoms with van der Waals surface area (Å²) in [6.07, 6.45) is 2.63. The lowest BCUT2D eigenvalue weighted by Crippen LogP contribution is -2.18. The third kappa shape index (κ3) is 3.79. The highest BCUT2D eigenvalue weighted by molar-refractivity contribution is 5.86. The van der Waals surface area contributed by atoms with E-state index in [4.69, 9.17) is 4.98 Å². The van der Waals surface area contributed by atoms with Crippen molar-refractivity contribution in [2.24, 2.45) is 0 Å². The lowest BCUT2D eigenvalue weighted by atomic mass is 10.1. The molecule has 0 saturated carbocycles. The minimum absolute atomic E-state index is 0. The van der Waals surface area contributed by atoms with E-state index in [0.717, 1.165) is 29.3 Å². The number of aromatic amines is 1. The van der Waals surface area contributed by atoms with E-state index in [1.807, 2.05) is 0 Å². The number of aromatic nitrogens is 3. The van der Waals surface area contributed by atoms with E-state index in [0.29, 0.717) is 0 Å². The third-order valence-electron chi connectivity index (χ3n) is 5.30. The van der Waals surface area contributed by atoms with E-state index in [-0.39, 0.29) is 12.4 Å². The molecule has 0 amide bonds. The molecule has 1 fully saturated rings. The fraction of sp³-hybridized carbons (Fsp3) is 0.217. The van der Waals surface area contributed by atoms with Gasteiger partial charge in [-0.3, -0.25) is 10.00 Å². The molecule has 142 valence electrons. The molecular weight excluding hydrogens is 368 g/mol. The van der Waals surface area contributed by atoms with Crippen molar-refractivity contribution in [3.63, 3.8) is 0 Å². The summed E-state index contributed by atoms with van der Waals surface area (Å²) in [6.45, 7) is 3.42. The Morgan fingerprint density at radius 1 is 0.821 bits per heavy atom. The predicted octanol–water partition coefficient (Wildman–Crippen LogP) is 5.31. The largest absolute Gasteiger partial charge is 0.299 e. The molecule has 2 heterocycles. The molecule has 1 saturated heterocycles. The zero-order chi connectivity index (χ0) is 18.1. The van der Waals surface area contributed by atoms with Gasteiger partial charge >= 0.3 is 0 Å². The minimum Gasteiger partial charge on any atom is -0.299 e. The molecule has 3 aromatic carbocycles. The van der Waals surface area contributed by atoms with E-state index in [9.17, 15) is 0 Å². The van der Waals surface area contributed by atoms with Crippen LogP contribution in [0.5, 0.6) is 0 Å². The summed E-state index contributed by atoms with van der Waals surface area (Å²) in [5.74, 6) is 1.56. The summed E-state index contributed by atoms with van der Waals surface area (Å²) in [5, 5.41) is 10.0. The lowest BCUT2D eigenvalue weighted by molar-refractivity contribution is 0.331. The number of nitrogens with one attached hydrogen (secondary N) is 1. The number of nitrogens with zero attached hydrogens (tertiary/aromatic N) is 3. The van der Waals surface area contributed by atoms with E-state index in [1.165, 1.54) is 42.3 Å². The maximum atomic E-state index is 4.75. The average molecular weight is 391 g/mol. The van der Waals surface area contributed by atoms with Gasteiger partial charge in [0.05, 0.1) is 0 Å². The number of fused-ring (bicyclic) bond motifs is 1. The molecule has 0 aliphatic carbocycles. The van der Waals surface area contributed by atoms with Crippen LogP contribution in [0.1, 0.15) is 18.4 Å². The Morgan fingerprint density at radius 3 is 2.50 bits per heavy atom. The van der Waals surface area contributed by atoms with E-state index in [1.54, 1.807) is 0 Å². The first-order chi connectivity index (χ1) is 13.3. The van der Waals surface area contributed by atoms with Crippen molar-refractivity contribution in [1.29, 1.82) is 0 Å². The summed E-state index contributed by atoms with van der Waals surface area (Å²) >= 11 is 0. The van der Waals surface area contributed by atoms with Crippen molar-refractivity contribution in [2.45, 2.75) is 19.4 Å². The molecule has 1 aliphatic heterocycles. The summed E-state index contributed by atoms with van der Waals surface area (Å²) < 4.78 is 0. The zero-order valence-corrected chi connectivity index (χ0v) is 16.5. The first-order valence-electron chi connectivity index (χ1n) is 9.58. The first-order valence-corrected chi connectivity index (χ1v) is 9.58. The summed E-state index contributed by atoms with van der Waals surface area (Å²) in [7, 11) is 0. The standard InChI is InChI=1S/C23H22N4.ClH/c1-2-8-19-15-21(11-10-18(19)7-1)23-24-22(25-26-23)20-9-5-6-17(14-20)16-27-12-3-4-13-27;/h1-2,5-11,14-15H,3-4,12-13,16H2,(H,24,25,26);1H.